The Labute approximate surface area is 227 Å². The van der Waals surface area contributed by atoms with Crippen molar-refractivity contribution in [3.63, 3.8) is 0 Å². The van der Waals surface area contributed by atoms with Crippen LogP contribution in [0.1, 0.15) is 16.1 Å². The highest BCUT2D eigenvalue weighted by molar-refractivity contribution is 9.10. The monoisotopic (exact) mass is 622 g/mol. The number of amidine groups is 1. The van der Waals surface area contributed by atoms with Crippen LogP contribution in [0.25, 0.3) is 17.4 Å². The zero-order valence-corrected chi connectivity index (χ0v) is 22.4. The molecule has 1 amide bonds. The van der Waals surface area contributed by atoms with Gasteiger partial charge in [-0.25, -0.2) is 9.79 Å². The molecule has 3 aromatic carbocycles. The number of rotatable bonds is 5. The standard InChI is InChI=1S/C27H16Br2N2O4S/c28-18-4-8-20(9-5-18)30-27-31(21-10-6-19(29)7-11-21)25(32)24(36-27)15-22-12-13-23(35-22)16-2-1-3-17(14-16)26(33)34/h1-15H,(H,33,34)/b24-15-,30-27?. The molecule has 1 saturated heterocycles. The van der Waals surface area contributed by atoms with Crippen LogP contribution in [0.3, 0.4) is 0 Å². The van der Waals surface area contributed by atoms with Crippen molar-refractivity contribution in [3.8, 4) is 11.3 Å². The van der Waals surface area contributed by atoms with E-state index in [2.05, 4.69) is 31.9 Å². The summed E-state index contributed by atoms with van der Waals surface area (Å²) in [7, 11) is 0. The van der Waals surface area contributed by atoms with E-state index in [1.54, 1.807) is 41.3 Å². The third-order valence-electron chi connectivity index (χ3n) is 5.24. The fourth-order valence-corrected chi connectivity index (χ4v) is 5.02. The zero-order valence-electron chi connectivity index (χ0n) is 18.4. The molecule has 1 aliphatic heterocycles. The van der Waals surface area contributed by atoms with Gasteiger partial charge in [-0.3, -0.25) is 9.69 Å². The summed E-state index contributed by atoms with van der Waals surface area (Å²) in [5.41, 5.74) is 2.22. The lowest BCUT2D eigenvalue weighted by atomic mass is 10.1. The summed E-state index contributed by atoms with van der Waals surface area (Å²) < 4.78 is 7.78. The summed E-state index contributed by atoms with van der Waals surface area (Å²) >= 11 is 8.12. The van der Waals surface area contributed by atoms with Gasteiger partial charge in [0.15, 0.2) is 5.17 Å². The quantitative estimate of drug-likeness (QED) is 0.228. The molecule has 0 unspecified atom stereocenters. The number of furan rings is 1. The number of carbonyl (C=O) groups excluding carboxylic acids is 1. The molecule has 0 aliphatic carbocycles. The predicted octanol–water partition coefficient (Wildman–Crippen LogP) is 7.98. The SMILES string of the molecule is O=C(O)c1cccc(-c2ccc(/C=C3\SC(=Nc4ccc(Br)cc4)N(c4ccc(Br)cc4)C3=O)o2)c1. The first-order valence-corrected chi connectivity index (χ1v) is 13.0. The largest absolute Gasteiger partial charge is 0.478 e. The predicted molar refractivity (Wildman–Crippen MR) is 150 cm³/mol. The van der Waals surface area contributed by atoms with Crippen molar-refractivity contribution in [2.24, 2.45) is 4.99 Å². The molecule has 5 rings (SSSR count). The second kappa shape index (κ2) is 10.3. The molecular formula is C27H16Br2N2O4S. The van der Waals surface area contributed by atoms with Crippen molar-refractivity contribution in [2.75, 3.05) is 4.90 Å². The number of carbonyl (C=O) groups is 2. The van der Waals surface area contributed by atoms with E-state index in [4.69, 9.17) is 9.41 Å². The Kier molecular flexibility index (Phi) is 6.95. The summed E-state index contributed by atoms with van der Waals surface area (Å²) in [5, 5.41) is 9.78. The minimum Gasteiger partial charge on any atom is -0.478 e. The highest BCUT2D eigenvalue weighted by atomic mass is 79.9. The van der Waals surface area contributed by atoms with Crippen LogP contribution < -0.4 is 4.90 Å². The van der Waals surface area contributed by atoms with Gasteiger partial charge in [0.25, 0.3) is 5.91 Å². The van der Waals surface area contributed by atoms with Gasteiger partial charge in [0.1, 0.15) is 11.5 Å². The van der Waals surface area contributed by atoms with Gasteiger partial charge in [-0.1, -0.05) is 44.0 Å². The highest BCUT2D eigenvalue weighted by Crippen LogP contribution is 2.38. The Morgan fingerprint density at radius 1 is 0.944 bits per heavy atom. The van der Waals surface area contributed by atoms with Gasteiger partial charge >= 0.3 is 5.97 Å². The minimum atomic E-state index is -1.01. The average molecular weight is 624 g/mol. The number of carboxylic acids is 1. The molecule has 0 atom stereocenters. The number of carboxylic acid groups (broad SMARTS) is 1. The molecule has 9 heteroatoms. The molecule has 0 saturated carbocycles. The van der Waals surface area contributed by atoms with E-state index in [0.717, 1.165) is 14.6 Å². The number of aliphatic imine (C=N–C) groups is 1. The van der Waals surface area contributed by atoms with Gasteiger partial charge in [0.2, 0.25) is 0 Å². The fourth-order valence-electron chi connectivity index (χ4n) is 3.51. The van der Waals surface area contributed by atoms with Gasteiger partial charge in [-0.15, -0.1) is 0 Å². The van der Waals surface area contributed by atoms with Crippen molar-refractivity contribution in [1.82, 2.24) is 0 Å². The van der Waals surface area contributed by atoms with E-state index >= 15 is 0 Å². The van der Waals surface area contributed by atoms with Crippen molar-refractivity contribution >= 4 is 78.1 Å². The number of aromatic carboxylic acids is 1. The normalized spacial score (nSPS) is 15.7. The van der Waals surface area contributed by atoms with Crippen molar-refractivity contribution < 1.29 is 19.1 Å². The number of amides is 1. The number of thioether (sulfide) groups is 1. The Bertz CT molecular complexity index is 1530. The lowest BCUT2D eigenvalue weighted by molar-refractivity contribution is -0.113. The molecule has 0 bridgehead atoms. The number of benzene rings is 3. The van der Waals surface area contributed by atoms with Gasteiger partial charge in [0.05, 0.1) is 21.8 Å². The van der Waals surface area contributed by atoms with Crippen molar-refractivity contribution in [2.45, 2.75) is 0 Å². The smallest absolute Gasteiger partial charge is 0.335 e. The van der Waals surface area contributed by atoms with Crippen LogP contribution in [0.4, 0.5) is 11.4 Å². The maximum atomic E-state index is 13.5. The molecule has 2 heterocycles. The highest BCUT2D eigenvalue weighted by Gasteiger charge is 2.35. The van der Waals surface area contributed by atoms with Crippen molar-refractivity contribution in [3.05, 3.63) is 110 Å². The van der Waals surface area contributed by atoms with Crippen LogP contribution in [0.15, 0.2) is 108 Å². The molecular weight excluding hydrogens is 608 g/mol. The maximum absolute atomic E-state index is 13.5. The fraction of sp³-hybridized carbons (Fsp3) is 0. The van der Waals surface area contributed by atoms with Crippen LogP contribution in [0.2, 0.25) is 0 Å². The summed E-state index contributed by atoms with van der Waals surface area (Å²) in [6.07, 6.45) is 1.67. The lowest BCUT2D eigenvalue weighted by Gasteiger charge is -2.15. The summed E-state index contributed by atoms with van der Waals surface area (Å²) in [6, 6.07) is 25.0. The van der Waals surface area contributed by atoms with Gasteiger partial charge in [-0.2, -0.15) is 0 Å². The molecule has 178 valence electrons. The molecule has 0 spiro atoms. The zero-order chi connectivity index (χ0) is 25.2. The summed E-state index contributed by atoms with van der Waals surface area (Å²) in [5.74, 6) is -0.246. The van der Waals surface area contributed by atoms with Gasteiger partial charge in [-0.05, 0) is 84.6 Å². The number of hydrogen-bond acceptors (Lipinski definition) is 5. The number of anilines is 1. The van der Waals surface area contributed by atoms with Crippen LogP contribution in [-0.4, -0.2) is 22.2 Å². The maximum Gasteiger partial charge on any atom is 0.335 e. The Morgan fingerprint density at radius 2 is 1.64 bits per heavy atom. The van der Waals surface area contributed by atoms with Crippen LogP contribution in [-0.2, 0) is 4.79 Å². The molecule has 1 aliphatic rings. The molecule has 4 aromatic rings. The van der Waals surface area contributed by atoms with E-state index < -0.39 is 5.97 Å². The number of nitrogens with zero attached hydrogens (tertiary/aromatic N) is 2. The third kappa shape index (κ3) is 5.23. The van der Waals surface area contributed by atoms with Crippen molar-refractivity contribution in [1.29, 1.82) is 0 Å². The molecule has 36 heavy (non-hydrogen) atoms. The van der Waals surface area contributed by atoms with Gasteiger partial charge < -0.3 is 9.52 Å². The Hall–Kier alpha value is -3.40. The second-order valence-corrected chi connectivity index (χ2v) is 10.5. The van der Waals surface area contributed by atoms with E-state index in [0.29, 0.717) is 32.8 Å². The number of halogens is 2. The van der Waals surface area contributed by atoms with E-state index in [9.17, 15) is 14.7 Å². The van der Waals surface area contributed by atoms with Crippen LogP contribution in [0, 0.1) is 0 Å². The van der Waals surface area contributed by atoms with Gasteiger partial charge in [0, 0.05) is 20.6 Å². The van der Waals surface area contributed by atoms with E-state index in [1.807, 2.05) is 48.5 Å². The molecule has 0 radical (unpaired) electrons. The van der Waals surface area contributed by atoms with E-state index in [-0.39, 0.29) is 11.5 Å². The second-order valence-electron chi connectivity index (χ2n) is 7.69. The molecule has 1 aromatic heterocycles. The third-order valence-corrected chi connectivity index (χ3v) is 7.26. The first kappa shape index (κ1) is 24.3. The Balaban J connectivity index is 1.50. The Morgan fingerprint density at radius 3 is 2.33 bits per heavy atom. The summed E-state index contributed by atoms with van der Waals surface area (Å²) in [6.45, 7) is 0. The minimum absolute atomic E-state index is 0.171. The topological polar surface area (TPSA) is 83.1 Å². The van der Waals surface area contributed by atoms with Crippen LogP contribution >= 0.6 is 43.6 Å². The average Bonchev–Trinajstić information content (AvgIpc) is 3.46. The first-order chi connectivity index (χ1) is 17.4. The molecule has 1 N–H and O–H groups in total. The first-order valence-electron chi connectivity index (χ1n) is 10.6. The lowest BCUT2D eigenvalue weighted by Crippen LogP contribution is -2.28. The molecule has 1 fully saturated rings. The molecule has 6 nitrogen and oxygen atoms in total. The van der Waals surface area contributed by atoms with Crippen LogP contribution in [0.5, 0.6) is 0 Å². The van der Waals surface area contributed by atoms with E-state index in [1.165, 1.54) is 17.8 Å². The summed E-state index contributed by atoms with van der Waals surface area (Å²) in [4.78, 5) is 31.5. The number of hydrogen-bond donors (Lipinski definition) is 1.